The minimum Gasteiger partial charge on any atom is -0.403 e. The van der Waals surface area contributed by atoms with Gasteiger partial charge in [-0.25, -0.2) is 0 Å². The highest BCUT2D eigenvalue weighted by atomic mass is 14.5. The monoisotopic (exact) mass is 175 g/mol. The van der Waals surface area contributed by atoms with E-state index in [9.17, 15) is 0 Å². The molecule has 0 amide bonds. The lowest BCUT2D eigenvalue weighted by Gasteiger charge is -1.99. The highest BCUT2D eigenvalue weighted by Crippen LogP contribution is 2.03. The maximum Gasteiger partial charge on any atom is 0.00108 e. The minimum absolute atomic E-state index is 0.758. The van der Waals surface area contributed by atoms with Crippen molar-refractivity contribution in [3.8, 4) is 0 Å². The van der Waals surface area contributed by atoms with E-state index in [1.165, 1.54) is 5.56 Å². The van der Waals surface area contributed by atoms with E-state index in [4.69, 9.17) is 5.73 Å². The summed E-state index contributed by atoms with van der Waals surface area (Å²) in [5.41, 5.74) is 7.52. The SMILES string of the molecule is C=C.C=C(N)CCc1ccccc1. The highest BCUT2D eigenvalue weighted by Gasteiger charge is 1.90. The van der Waals surface area contributed by atoms with Gasteiger partial charge in [-0.05, 0) is 18.4 Å². The summed E-state index contributed by atoms with van der Waals surface area (Å²) in [6, 6.07) is 10.3. The van der Waals surface area contributed by atoms with E-state index < -0.39 is 0 Å². The molecule has 2 N–H and O–H groups in total. The van der Waals surface area contributed by atoms with E-state index in [1.54, 1.807) is 0 Å². The standard InChI is InChI=1S/C10H13N.C2H4/c1-9(11)7-8-10-5-3-2-4-6-10;1-2/h2-6H,1,7-8,11H2;1-2H2. The fourth-order valence-electron chi connectivity index (χ4n) is 0.950. The van der Waals surface area contributed by atoms with Gasteiger partial charge in [0, 0.05) is 5.70 Å². The Morgan fingerprint density at radius 1 is 1.15 bits per heavy atom. The zero-order chi connectivity index (χ0) is 10.1. The van der Waals surface area contributed by atoms with Gasteiger partial charge in [0.15, 0.2) is 0 Å². The van der Waals surface area contributed by atoms with Gasteiger partial charge in [0.05, 0.1) is 0 Å². The van der Waals surface area contributed by atoms with Gasteiger partial charge < -0.3 is 5.73 Å². The molecule has 0 spiro atoms. The zero-order valence-electron chi connectivity index (χ0n) is 8.00. The molecule has 0 unspecified atom stereocenters. The maximum absolute atomic E-state index is 5.45. The van der Waals surface area contributed by atoms with Crippen molar-refractivity contribution in [2.75, 3.05) is 0 Å². The van der Waals surface area contributed by atoms with Crippen LogP contribution < -0.4 is 5.73 Å². The van der Waals surface area contributed by atoms with E-state index >= 15 is 0 Å². The first kappa shape index (κ1) is 11.5. The predicted octanol–water partition coefficient (Wildman–Crippen LogP) is 2.89. The number of nitrogens with two attached hydrogens (primary N) is 1. The Balaban J connectivity index is 0.000000671. The average molecular weight is 175 g/mol. The summed E-state index contributed by atoms with van der Waals surface area (Å²) >= 11 is 0. The molecule has 1 aromatic carbocycles. The molecule has 1 heteroatoms. The lowest BCUT2D eigenvalue weighted by atomic mass is 10.1. The van der Waals surface area contributed by atoms with Crippen LogP contribution in [-0.2, 0) is 6.42 Å². The number of benzene rings is 1. The summed E-state index contributed by atoms with van der Waals surface area (Å²) in [6.07, 6.45) is 1.88. The van der Waals surface area contributed by atoms with Gasteiger partial charge in [0.1, 0.15) is 0 Å². The third-order valence-corrected chi connectivity index (χ3v) is 1.58. The van der Waals surface area contributed by atoms with Gasteiger partial charge in [0.25, 0.3) is 0 Å². The zero-order valence-corrected chi connectivity index (χ0v) is 8.00. The quantitative estimate of drug-likeness (QED) is 0.702. The Hall–Kier alpha value is -1.50. The van der Waals surface area contributed by atoms with Gasteiger partial charge in [0.2, 0.25) is 0 Å². The third kappa shape index (κ3) is 5.74. The number of hydrogen-bond acceptors (Lipinski definition) is 1. The summed E-state index contributed by atoms with van der Waals surface area (Å²) in [5, 5.41) is 0. The molecule has 0 radical (unpaired) electrons. The molecular formula is C12H17N. The fourth-order valence-corrected chi connectivity index (χ4v) is 0.950. The van der Waals surface area contributed by atoms with Gasteiger partial charge in [-0.3, -0.25) is 0 Å². The molecule has 1 nitrogen and oxygen atoms in total. The first-order valence-electron chi connectivity index (χ1n) is 4.26. The molecule has 1 rings (SSSR count). The highest BCUT2D eigenvalue weighted by molar-refractivity contribution is 5.15. The molecule has 0 saturated carbocycles. The molecule has 70 valence electrons. The second-order valence-corrected chi connectivity index (χ2v) is 2.64. The Morgan fingerprint density at radius 2 is 1.69 bits per heavy atom. The molecule has 0 heterocycles. The summed E-state index contributed by atoms with van der Waals surface area (Å²) in [5.74, 6) is 0. The number of allylic oxidation sites excluding steroid dienone is 1. The summed E-state index contributed by atoms with van der Waals surface area (Å²) in [6.45, 7) is 9.65. The van der Waals surface area contributed by atoms with Crippen molar-refractivity contribution >= 4 is 0 Å². The second-order valence-electron chi connectivity index (χ2n) is 2.64. The van der Waals surface area contributed by atoms with Crippen molar-refractivity contribution in [2.24, 2.45) is 5.73 Å². The van der Waals surface area contributed by atoms with Crippen LogP contribution in [0, 0.1) is 0 Å². The Kier molecular flexibility index (Phi) is 6.34. The van der Waals surface area contributed by atoms with Gasteiger partial charge in [-0.15, -0.1) is 13.2 Å². The Morgan fingerprint density at radius 3 is 2.15 bits per heavy atom. The molecule has 0 saturated heterocycles. The van der Waals surface area contributed by atoms with Crippen LogP contribution >= 0.6 is 0 Å². The topological polar surface area (TPSA) is 26.0 Å². The Bertz CT molecular complexity index is 239. The van der Waals surface area contributed by atoms with E-state index in [1.807, 2.05) is 18.2 Å². The van der Waals surface area contributed by atoms with Crippen LogP contribution in [0.2, 0.25) is 0 Å². The van der Waals surface area contributed by atoms with Crippen LogP contribution in [0.15, 0.2) is 55.8 Å². The second kappa shape index (κ2) is 7.17. The van der Waals surface area contributed by atoms with Crippen molar-refractivity contribution in [1.82, 2.24) is 0 Å². The Labute approximate surface area is 80.6 Å². The van der Waals surface area contributed by atoms with Gasteiger partial charge in [-0.2, -0.15) is 0 Å². The lowest BCUT2D eigenvalue weighted by Crippen LogP contribution is -1.96. The smallest absolute Gasteiger partial charge is 0.00108 e. The first-order chi connectivity index (χ1) is 6.29. The number of hydrogen-bond donors (Lipinski definition) is 1. The van der Waals surface area contributed by atoms with E-state index in [-0.39, 0.29) is 0 Å². The molecule has 0 fully saturated rings. The largest absolute Gasteiger partial charge is 0.403 e. The molecular weight excluding hydrogens is 158 g/mol. The number of rotatable bonds is 3. The third-order valence-electron chi connectivity index (χ3n) is 1.58. The van der Waals surface area contributed by atoms with Crippen LogP contribution in [0.5, 0.6) is 0 Å². The molecule has 0 bridgehead atoms. The summed E-state index contributed by atoms with van der Waals surface area (Å²) in [4.78, 5) is 0. The van der Waals surface area contributed by atoms with Crippen molar-refractivity contribution < 1.29 is 0 Å². The molecule has 1 aromatic rings. The molecule has 13 heavy (non-hydrogen) atoms. The molecule has 0 aromatic heterocycles. The van der Waals surface area contributed by atoms with Crippen molar-refractivity contribution in [2.45, 2.75) is 12.8 Å². The normalized spacial score (nSPS) is 8.31. The summed E-state index contributed by atoms with van der Waals surface area (Å²) < 4.78 is 0. The van der Waals surface area contributed by atoms with E-state index in [0.717, 1.165) is 18.5 Å². The molecule has 0 aliphatic heterocycles. The van der Waals surface area contributed by atoms with E-state index in [0.29, 0.717) is 0 Å². The average Bonchev–Trinajstić information content (AvgIpc) is 2.19. The van der Waals surface area contributed by atoms with Crippen LogP contribution in [0.1, 0.15) is 12.0 Å². The van der Waals surface area contributed by atoms with Crippen molar-refractivity contribution in [3.05, 3.63) is 61.3 Å². The van der Waals surface area contributed by atoms with Crippen molar-refractivity contribution in [1.29, 1.82) is 0 Å². The first-order valence-corrected chi connectivity index (χ1v) is 4.26. The fraction of sp³-hybridized carbons (Fsp3) is 0.167. The predicted molar refractivity (Wildman–Crippen MR) is 59.3 cm³/mol. The van der Waals surface area contributed by atoms with Crippen LogP contribution in [0.4, 0.5) is 0 Å². The van der Waals surface area contributed by atoms with Crippen LogP contribution in [0.25, 0.3) is 0 Å². The molecule has 0 atom stereocenters. The number of aryl methyl sites for hydroxylation is 1. The van der Waals surface area contributed by atoms with Gasteiger partial charge in [-0.1, -0.05) is 36.9 Å². The van der Waals surface area contributed by atoms with Crippen LogP contribution in [-0.4, -0.2) is 0 Å². The van der Waals surface area contributed by atoms with Crippen molar-refractivity contribution in [3.63, 3.8) is 0 Å². The van der Waals surface area contributed by atoms with Crippen LogP contribution in [0.3, 0.4) is 0 Å². The van der Waals surface area contributed by atoms with E-state index in [2.05, 4.69) is 31.9 Å². The summed E-state index contributed by atoms with van der Waals surface area (Å²) in [7, 11) is 0. The van der Waals surface area contributed by atoms with Gasteiger partial charge >= 0.3 is 0 Å². The molecule has 0 aliphatic carbocycles. The minimum atomic E-state index is 0.758. The lowest BCUT2D eigenvalue weighted by molar-refractivity contribution is 0.932. The molecule has 0 aliphatic rings. The maximum atomic E-state index is 5.45.